The van der Waals surface area contributed by atoms with Crippen LogP contribution in [0.5, 0.6) is 0 Å². The molecule has 8 nitrogen and oxygen atoms in total. The summed E-state index contributed by atoms with van der Waals surface area (Å²) in [6, 6.07) is 4.17. The van der Waals surface area contributed by atoms with Gasteiger partial charge in [0.15, 0.2) is 5.82 Å². The van der Waals surface area contributed by atoms with Gasteiger partial charge in [0, 0.05) is 32.4 Å². The number of fused-ring (bicyclic) bond motifs is 1. The van der Waals surface area contributed by atoms with Crippen molar-refractivity contribution < 1.29 is 9.53 Å². The van der Waals surface area contributed by atoms with Crippen LogP contribution in [0.25, 0.3) is 10.2 Å². The summed E-state index contributed by atoms with van der Waals surface area (Å²) < 4.78 is 4.95. The number of aryl methyl sites for hydroxylation is 2. The van der Waals surface area contributed by atoms with Crippen molar-refractivity contribution in [3.63, 3.8) is 0 Å². The number of anilines is 2. The highest BCUT2D eigenvalue weighted by Gasteiger charge is 2.28. The Morgan fingerprint density at radius 2 is 2.17 bits per heavy atom. The molecule has 3 aromatic heterocycles. The van der Waals surface area contributed by atoms with E-state index in [1.165, 1.54) is 18.4 Å². The van der Waals surface area contributed by atoms with Crippen molar-refractivity contribution in [2.24, 2.45) is 0 Å². The summed E-state index contributed by atoms with van der Waals surface area (Å²) in [6.07, 6.45) is 3.81. The Bertz CT molecular complexity index is 1040. The SMILES string of the molecule is COC(=O)c1sc2nc(C)nc(N(C)C3CCCN(c4cccnn4)C3)c2c1C. The number of hydrogen-bond acceptors (Lipinski definition) is 9. The van der Waals surface area contributed by atoms with Crippen molar-refractivity contribution in [2.45, 2.75) is 32.7 Å². The van der Waals surface area contributed by atoms with Crippen LogP contribution in [0.3, 0.4) is 0 Å². The maximum Gasteiger partial charge on any atom is 0.348 e. The number of hydrogen-bond donors (Lipinski definition) is 0. The predicted molar refractivity (Wildman–Crippen MR) is 114 cm³/mol. The minimum absolute atomic E-state index is 0.268. The molecule has 0 N–H and O–H groups in total. The number of ether oxygens (including phenoxy) is 1. The molecule has 3 aromatic rings. The number of carbonyl (C=O) groups excluding carboxylic acids is 1. The predicted octanol–water partition coefficient (Wildman–Crippen LogP) is 2.99. The Morgan fingerprint density at radius 3 is 2.90 bits per heavy atom. The van der Waals surface area contributed by atoms with E-state index < -0.39 is 0 Å². The molecule has 0 amide bonds. The van der Waals surface area contributed by atoms with Crippen LogP contribution >= 0.6 is 11.3 Å². The van der Waals surface area contributed by atoms with E-state index in [1.54, 1.807) is 6.20 Å². The zero-order valence-electron chi connectivity index (χ0n) is 17.0. The van der Waals surface area contributed by atoms with Crippen LogP contribution < -0.4 is 9.80 Å². The maximum atomic E-state index is 12.2. The minimum atomic E-state index is -0.330. The van der Waals surface area contributed by atoms with E-state index in [2.05, 4.69) is 32.0 Å². The van der Waals surface area contributed by atoms with Gasteiger partial charge >= 0.3 is 5.97 Å². The molecule has 0 aliphatic carbocycles. The molecular weight excluding hydrogens is 388 g/mol. The van der Waals surface area contributed by atoms with Crippen LogP contribution in [0, 0.1) is 13.8 Å². The van der Waals surface area contributed by atoms with Crippen molar-refractivity contribution >= 4 is 39.2 Å². The number of likely N-dealkylation sites (N-methyl/N-ethyl adjacent to an activating group) is 1. The molecule has 4 rings (SSSR count). The van der Waals surface area contributed by atoms with Crippen molar-refractivity contribution in [2.75, 3.05) is 37.0 Å². The lowest BCUT2D eigenvalue weighted by Gasteiger charge is -2.38. The number of thiophene rings is 1. The smallest absolute Gasteiger partial charge is 0.348 e. The Hall–Kier alpha value is -2.81. The van der Waals surface area contributed by atoms with Crippen LogP contribution in [-0.2, 0) is 4.74 Å². The fourth-order valence-corrected chi connectivity index (χ4v) is 5.02. The van der Waals surface area contributed by atoms with E-state index >= 15 is 0 Å². The molecule has 152 valence electrons. The molecule has 0 aromatic carbocycles. The highest BCUT2D eigenvalue weighted by Crippen LogP contribution is 2.37. The van der Waals surface area contributed by atoms with Gasteiger partial charge in [-0.1, -0.05) is 0 Å². The van der Waals surface area contributed by atoms with E-state index in [9.17, 15) is 4.79 Å². The molecule has 9 heteroatoms. The summed E-state index contributed by atoms with van der Waals surface area (Å²) in [6.45, 7) is 5.63. The van der Waals surface area contributed by atoms with E-state index in [4.69, 9.17) is 9.72 Å². The van der Waals surface area contributed by atoms with Crippen molar-refractivity contribution in [3.05, 3.63) is 34.6 Å². The summed E-state index contributed by atoms with van der Waals surface area (Å²) in [5.74, 6) is 2.12. The molecule has 1 fully saturated rings. The largest absolute Gasteiger partial charge is 0.465 e. The third-order valence-electron chi connectivity index (χ3n) is 5.41. The molecule has 0 radical (unpaired) electrons. The van der Waals surface area contributed by atoms with Crippen LogP contribution in [0.15, 0.2) is 18.3 Å². The van der Waals surface area contributed by atoms with Gasteiger partial charge in [0.1, 0.15) is 21.3 Å². The molecular formula is C20H24N6O2S. The van der Waals surface area contributed by atoms with Gasteiger partial charge in [0.2, 0.25) is 0 Å². The summed E-state index contributed by atoms with van der Waals surface area (Å²) in [5.41, 5.74) is 0.875. The van der Waals surface area contributed by atoms with Crippen LogP contribution in [-0.4, -0.2) is 59.4 Å². The van der Waals surface area contributed by atoms with E-state index in [0.717, 1.165) is 53.3 Å². The van der Waals surface area contributed by atoms with E-state index in [-0.39, 0.29) is 12.0 Å². The molecule has 4 heterocycles. The van der Waals surface area contributed by atoms with Gasteiger partial charge in [-0.2, -0.15) is 5.10 Å². The molecule has 1 aliphatic heterocycles. The van der Waals surface area contributed by atoms with E-state index in [1.807, 2.05) is 26.0 Å². The monoisotopic (exact) mass is 412 g/mol. The lowest BCUT2D eigenvalue weighted by atomic mass is 10.0. The number of piperidine rings is 1. The maximum absolute atomic E-state index is 12.2. The first-order valence-corrected chi connectivity index (χ1v) is 10.4. The first-order valence-electron chi connectivity index (χ1n) is 9.61. The third kappa shape index (κ3) is 3.62. The first kappa shape index (κ1) is 19.5. The molecule has 29 heavy (non-hydrogen) atoms. The molecule has 1 aliphatic rings. The average molecular weight is 413 g/mol. The fourth-order valence-electron chi connectivity index (χ4n) is 3.88. The van der Waals surface area contributed by atoms with Crippen molar-refractivity contribution in [1.82, 2.24) is 20.2 Å². The zero-order valence-corrected chi connectivity index (χ0v) is 17.9. The summed E-state index contributed by atoms with van der Waals surface area (Å²) in [4.78, 5) is 27.4. The van der Waals surface area contributed by atoms with Gasteiger partial charge in [0.25, 0.3) is 0 Å². The zero-order chi connectivity index (χ0) is 20.5. The number of rotatable bonds is 4. The van der Waals surface area contributed by atoms with Gasteiger partial charge in [-0.15, -0.1) is 16.4 Å². The van der Waals surface area contributed by atoms with Gasteiger partial charge in [-0.05, 0) is 44.4 Å². The van der Waals surface area contributed by atoms with Gasteiger partial charge < -0.3 is 14.5 Å². The fraction of sp³-hybridized carbons (Fsp3) is 0.450. The topological polar surface area (TPSA) is 84.3 Å². The quantitative estimate of drug-likeness (QED) is 0.605. The molecule has 1 unspecified atom stereocenters. The van der Waals surface area contributed by atoms with E-state index in [0.29, 0.717) is 10.7 Å². The lowest BCUT2D eigenvalue weighted by Crippen LogP contribution is -2.47. The number of methoxy groups -OCH3 is 1. The summed E-state index contributed by atoms with van der Waals surface area (Å²) in [7, 11) is 3.47. The molecule has 1 saturated heterocycles. The van der Waals surface area contributed by atoms with Crippen molar-refractivity contribution in [3.8, 4) is 0 Å². The Morgan fingerprint density at radius 1 is 1.34 bits per heavy atom. The highest BCUT2D eigenvalue weighted by molar-refractivity contribution is 7.20. The molecule has 0 saturated carbocycles. The third-order valence-corrected chi connectivity index (χ3v) is 6.58. The second-order valence-electron chi connectivity index (χ2n) is 7.26. The number of nitrogens with zero attached hydrogens (tertiary/aromatic N) is 6. The molecule has 0 bridgehead atoms. The minimum Gasteiger partial charge on any atom is -0.465 e. The average Bonchev–Trinajstić information content (AvgIpc) is 3.09. The number of aromatic nitrogens is 4. The second-order valence-corrected chi connectivity index (χ2v) is 8.26. The lowest BCUT2D eigenvalue weighted by molar-refractivity contribution is 0.0605. The normalized spacial score (nSPS) is 16.8. The Kier molecular flexibility index (Phi) is 5.31. The second kappa shape index (κ2) is 7.90. The standard InChI is InChI=1S/C20H24N6O2S/c1-12-16-18(22-13(2)23-19(16)29-17(12)20(27)28-4)25(3)14-7-6-10-26(11-14)15-8-5-9-21-24-15/h5,8-9,14H,6-7,10-11H2,1-4H3. The number of esters is 1. The highest BCUT2D eigenvalue weighted by atomic mass is 32.1. The summed E-state index contributed by atoms with van der Waals surface area (Å²) in [5, 5.41) is 9.20. The van der Waals surface area contributed by atoms with Crippen LogP contribution in [0.2, 0.25) is 0 Å². The molecule has 1 atom stereocenters. The first-order chi connectivity index (χ1) is 14.0. The molecule has 0 spiro atoms. The van der Waals surface area contributed by atoms with Crippen LogP contribution in [0.4, 0.5) is 11.6 Å². The van der Waals surface area contributed by atoms with Crippen LogP contribution in [0.1, 0.15) is 33.9 Å². The number of carbonyl (C=O) groups is 1. The van der Waals surface area contributed by atoms with Gasteiger partial charge in [0.05, 0.1) is 12.5 Å². The van der Waals surface area contributed by atoms with Gasteiger partial charge in [-0.3, -0.25) is 0 Å². The van der Waals surface area contributed by atoms with Gasteiger partial charge in [-0.25, -0.2) is 14.8 Å². The Labute approximate surface area is 173 Å². The van der Waals surface area contributed by atoms with Crippen molar-refractivity contribution in [1.29, 1.82) is 0 Å². The Balaban J connectivity index is 1.70. The summed E-state index contributed by atoms with van der Waals surface area (Å²) >= 11 is 1.37.